The highest BCUT2D eigenvalue weighted by molar-refractivity contribution is 5.95. The van der Waals surface area contributed by atoms with Gasteiger partial charge in [0.1, 0.15) is 0 Å². The summed E-state index contributed by atoms with van der Waals surface area (Å²) in [6, 6.07) is 10.9. The summed E-state index contributed by atoms with van der Waals surface area (Å²) in [6.45, 7) is 5.71. The number of esters is 1. The lowest BCUT2D eigenvalue weighted by atomic mass is 10.0. The van der Waals surface area contributed by atoms with E-state index in [1.807, 2.05) is 32.0 Å². The number of benzene rings is 2. The summed E-state index contributed by atoms with van der Waals surface area (Å²) in [6.07, 6.45) is -0.776. The average Bonchev–Trinajstić information content (AvgIpc) is 3.05. The third-order valence-electron chi connectivity index (χ3n) is 4.24. The number of amides is 1. The normalized spacial score (nSPS) is 13.2. The SMILES string of the molecule is Cc1ccc(CC(=O)O[C@@H](C)C(=O)Nc2ccc3c(c2)OCO3)cc1C. The van der Waals surface area contributed by atoms with Crippen LogP contribution in [0.1, 0.15) is 23.6 Å². The lowest BCUT2D eigenvalue weighted by Crippen LogP contribution is -2.30. The van der Waals surface area contributed by atoms with Gasteiger partial charge in [0.2, 0.25) is 6.79 Å². The van der Waals surface area contributed by atoms with E-state index >= 15 is 0 Å². The van der Waals surface area contributed by atoms with Crippen molar-refractivity contribution in [3.63, 3.8) is 0 Å². The number of hydrogen-bond donors (Lipinski definition) is 1. The summed E-state index contributed by atoms with van der Waals surface area (Å²) in [5.74, 6) is 0.358. The van der Waals surface area contributed by atoms with Gasteiger partial charge in [0, 0.05) is 11.8 Å². The van der Waals surface area contributed by atoms with Gasteiger partial charge in [-0.25, -0.2) is 0 Å². The molecule has 1 atom stereocenters. The molecule has 0 bridgehead atoms. The van der Waals surface area contributed by atoms with Gasteiger partial charge in [-0.3, -0.25) is 9.59 Å². The predicted molar refractivity (Wildman–Crippen MR) is 96.4 cm³/mol. The van der Waals surface area contributed by atoms with Crippen LogP contribution in [0.3, 0.4) is 0 Å². The zero-order valence-corrected chi connectivity index (χ0v) is 15.0. The molecule has 0 radical (unpaired) electrons. The largest absolute Gasteiger partial charge is 0.454 e. The number of carbonyl (C=O) groups excluding carboxylic acids is 2. The van der Waals surface area contributed by atoms with Crippen LogP contribution < -0.4 is 14.8 Å². The van der Waals surface area contributed by atoms with Crippen LogP contribution in [0.4, 0.5) is 5.69 Å². The summed E-state index contributed by atoms with van der Waals surface area (Å²) < 4.78 is 15.7. The maximum atomic E-state index is 12.2. The van der Waals surface area contributed by atoms with Crippen LogP contribution in [0.25, 0.3) is 0 Å². The van der Waals surface area contributed by atoms with E-state index < -0.39 is 18.0 Å². The monoisotopic (exact) mass is 355 g/mol. The molecule has 0 saturated carbocycles. The van der Waals surface area contributed by atoms with E-state index in [4.69, 9.17) is 14.2 Å². The Morgan fingerprint density at radius 2 is 1.85 bits per heavy atom. The fourth-order valence-electron chi connectivity index (χ4n) is 2.59. The first kappa shape index (κ1) is 17.8. The van der Waals surface area contributed by atoms with Crippen molar-refractivity contribution in [2.45, 2.75) is 33.3 Å². The highest BCUT2D eigenvalue weighted by Crippen LogP contribution is 2.34. The predicted octanol–water partition coefficient (Wildman–Crippen LogP) is 3.15. The number of ether oxygens (including phenoxy) is 3. The molecule has 1 aliphatic rings. The van der Waals surface area contributed by atoms with E-state index in [2.05, 4.69) is 5.32 Å². The minimum absolute atomic E-state index is 0.128. The Hall–Kier alpha value is -3.02. The molecule has 26 heavy (non-hydrogen) atoms. The third kappa shape index (κ3) is 4.14. The van der Waals surface area contributed by atoms with Crippen molar-refractivity contribution in [2.24, 2.45) is 0 Å². The van der Waals surface area contributed by atoms with Crippen molar-refractivity contribution in [2.75, 3.05) is 12.1 Å². The number of fused-ring (bicyclic) bond motifs is 1. The van der Waals surface area contributed by atoms with Crippen LogP contribution in [-0.4, -0.2) is 24.8 Å². The van der Waals surface area contributed by atoms with Crippen LogP contribution in [0.15, 0.2) is 36.4 Å². The molecular formula is C20H21NO5. The van der Waals surface area contributed by atoms with E-state index in [9.17, 15) is 9.59 Å². The second-order valence-corrected chi connectivity index (χ2v) is 6.28. The Balaban J connectivity index is 1.54. The van der Waals surface area contributed by atoms with Gasteiger partial charge in [0.05, 0.1) is 6.42 Å². The smallest absolute Gasteiger partial charge is 0.311 e. The standard InChI is InChI=1S/C20H21NO5/c1-12-4-5-15(8-13(12)2)9-19(22)26-14(3)20(23)21-16-6-7-17-18(10-16)25-11-24-17/h4-8,10,14H,9,11H2,1-3H3,(H,21,23)/t14-/m0/s1. The molecule has 0 unspecified atom stereocenters. The van der Waals surface area contributed by atoms with Gasteiger partial charge in [0.15, 0.2) is 17.6 Å². The number of aryl methyl sites for hydroxylation is 2. The van der Waals surface area contributed by atoms with Gasteiger partial charge in [-0.1, -0.05) is 18.2 Å². The summed E-state index contributed by atoms with van der Waals surface area (Å²) in [5, 5.41) is 2.71. The molecule has 136 valence electrons. The fourth-order valence-corrected chi connectivity index (χ4v) is 2.59. The maximum Gasteiger partial charge on any atom is 0.311 e. The lowest BCUT2D eigenvalue weighted by Gasteiger charge is -2.14. The van der Waals surface area contributed by atoms with E-state index in [0.29, 0.717) is 17.2 Å². The molecule has 3 rings (SSSR count). The molecule has 1 N–H and O–H groups in total. The molecule has 6 nitrogen and oxygen atoms in total. The van der Waals surface area contributed by atoms with E-state index in [1.54, 1.807) is 25.1 Å². The Morgan fingerprint density at radius 1 is 1.08 bits per heavy atom. The number of hydrogen-bond acceptors (Lipinski definition) is 5. The first-order valence-corrected chi connectivity index (χ1v) is 8.38. The van der Waals surface area contributed by atoms with E-state index in [0.717, 1.165) is 11.1 Å². The second kappa shape index (κ2) is 7.47. The molecule has 0 aliphatic carbocycles. The van der Waals surface area contributed by atoms with Crippen molar-refractivity contribution < 1.29 is 23.8 Å². The average molecular weight is 355 g/mol. The van der Waals surface area contributed by atoms with E-state index in [-0.39, 0.29) is 13.2 Å². The molecule has 0 fully saturated rings. The number of rotatable bonds is 5. The molecule has 0 spiro atoms. The van der Waals surface area contributed by atoms with Gasteiger partial charge in [-0.2, -0.15) is 0 Å². The molecule has 0 saturated heterocycles. The maximum absolute atomic E-state index is 12.2. The van der Waals surface area contributed by atoms with Gasteiger partial charge in [-0.15, -0.1) is 0 Å². The Morgan fingerprint density at radius 3 is 2.62 bits per heavy atom. The van der Waals surface area contributed by atoms with Crippen molar-refractivity contribution in [1.82, 2.24) is 0 Å². The summed E-state index contributed by atoms with van der Waals surface area (Å²) in [5.41, 5.74) is 3.69. The van der Waals surface area contributed by atoms with Crippen molar-refractivity contribution in [3.05, 3.63) is 53.1 Å². The van der Waals surface area contributed by atoms with Crippen LogP contribution in [0.5, 0.6) is 11.5 Å². The minimum atomic E-state index is -0.903. The van der Waals surface area contributed by atoms with Crippen LogP contribution in [0.2, 0.25) is 0 Å². The molecule has 6 heteroatoms. The first-order chi connectivity index (χ1) is 12.4. The van der Waals surface area contributed by atoms with Crippen molar-refractivity contribution >= 4 is 17.6 Å². The number of carbonyl (C=O) groups is 2. The number of nitrogens with one attached hydrogen (secondary N) is 1. The van der Waals surface area contributed by atoms with Gasteiger partial charge in [0.25, 0.3) is 5.91 Å². The van der Waals surface area contributed by atoms with Crippen molar-refractivity contribution in [1.29, 1.82) is 0 Å². The first-order valence-electron chi connectivity index (χ1n) is 8.38. The highest BCUT2D eigenvalue weighted by atomic mass is 16.7. The highest BCUT2D eigenvalue weighted by Gasteiger charge is 2.20. The summed E-state index contributed by atoms with van der Waals surface area (Å²) >= 11 is 0. The molecular weight excluding hydrogens is 334 g/mol. The lowest BCUT2D eigenvalue weighted by molar-refractivity contribution is -0.152. The third-order valence-corrected chi connectivity index (χ3v) is 4.24. The summed E-state index contributed by atoms with van der Waals surface area (Å²) in [7, 11) is 0. The zero-order valence-electron chi connectivity index (χ0n) is 15.0. The second-order valence-electron chi connectivity index (χ2n) is 6.28. The fraction of sp³-hybridized carbons (Fsp3) is 0.300. The van der Waals surface area contributed by atoms with E-state index in [1.165, 1.54) is 5.56 Å². The molecule has 1 amide bonds. The molecule has 2 aromatic rings. The Labute approximate surface area is 152 Å². The quantitative estimate of drug-likeness (QED) is 0.834. The Kier molecular flexibility index (Phi) is 5.11. The Bertz CT molecular complexity index is 846. The van der Waals surface area contributed by atoms with Crippen LogP contribution in [0, 0.1) is 13.8 Å². The minimum Gasteiger partial charge on any atom is -0.454 e. The van der Waals surface area contributed by atoms with Crippen LogP contribution in [-0.2, 0) is 20.7 Å². The molecule has 1 aliphatic heterocycles. The molecule has 1 heterocycles. The zero-order chi connectivity index (χ0) is 18.7. The van der Waals surface area contributed by atoms with Crippen molar-refractivity contribution in [3.8, 4) is 11.5 Å². The molecule has 0 aromatic heterocycles. The topological polar surface area (TPSA) is 73.9 Å². The van der Waals surface area contributed by atoms with Gasteiger partial charge < -0.3 is 19.5 Å². The molecule has 2 aromatic carbocycles. The van der Waals surface area contributed by atoms with Gasteiger partial charge in [-0.05, 0) is 49.6 Å². The van der Waals surface area contributed by atoms with Gasteiger partial charge >= 0.3 is 5.97 Å². The summed E-state index contributed by atoms with van der Waals surface area (Å²) in [4.78, 5) is 24.3. The van der Waals surface area contributed by atoms with Crippen LogP contribution >= 0.6 is 0 Å². The number of anilines is 1.